The standard InChI is InChI=1S/C72H143NO8/c1-3-5-7-9-11-13-15-17-19-21-23-25-27-29-30-31-32-33-34-35-36-38-40-42-44-46-48-50-52-54-56-58-60-62-68(76)73-65(64-80-72-71(79)70(78)69(77)67(63-74)81-72)66(75)61-59-57-55-53-51-49-47-45-43-41-39-37-28-26-24-22-20-18-16-14-12-10-8-6-4-2/h65-67,69-72,74-75,77-79H,3-64H2,1-2H3,(H,73,76). The van der Waals surface area contributed by atoms with Crippen LogP contribution in [-0.4, -0.2) is 87.5 Å². The lowest BCUT2D eigenvalue weighted by atomic mass is 9.99. The number of amides is 1. The predicted octanol–water partition coefficient (Wildman–Crippen LogP) is 20.1. The van der Waals surface area contributed by atoms with Crippen molar-refractivity contribution in [2.45, 2.75) is 442 Å². The van der Waals surface area contributed by atoms with E-state index >= 15 is 0 Å². The molecule has 0 aromatic heterocycles. The average Bonchev–Trinajstić information content (AvgIpc) is 3.50. The summed E-state index contributed by atoms with van der Waals surface area (Å²) in [5.41, 5.74) is 0. The molecule has 0 radical (unpaired) electrons. The van der Waals surface area contributed by atoms with Crippen LogP contribution < -0.4 is 5.32 Å². The maximum atomic E-state index is 13.2. The zero-order chi connectivity index (χ0) is 58.6. The zero-order valence-corrected chi connectivity index (χ0v) is 54.3. The molecular weight excluding hydrogens is 1010 g/mol. The maximum absolute atomic E-state index is 13.2. The van der Waals surface area contributed by atoms with Gasteiger partial charge < -0.3 is 40.3 Å². The Labute approximate surface area is 504 Å². The largest absolute Gasteiger partial charge is 0.394 e. The summed E-state index contributed by atoms with van der Waals surface area (Å²) in [5.74, 6) is -0.132. The molecule has 7 unspecified atom stereocenters. The van der Waals surface area contributed by atoms with Crippen LogP contribution in [0, 0.1) is 0 Å². The van der Waals surface area contributed by atoms with Gasteiger partial charge in [-0.15, -0.1) is 0 Å². The number of hydrogen-bond donors (Lipinski definition) is 6. The maximum Gasteiger partial charge on any atom is 0.220 e. The molecule has 0 aromatic rings. The van der Waals surface area contributed by atoms with E-state index in [1.165, 1.54) is 334 Å². The van der Waals surface area contributed by atoms with Gasteiger partial charge in [0.1, 0.15) is 24.4 Å². The van der Waals surface area contributed by atoms with E-state index in [1.54, 1.807) is 0 Å². The van der Waals surface area contributed by atoms with Crippen molar-refractivity contribution >= 4 is 5.91 Å². The van der Waals surface area contributed by atoms with E-state index in [0.29, 0.717) is 12.8 Å². The van der Waals surface area contributed by atoms with Gasteiger partial charge in [-0.3, -0.25) is 4.79 Å². The van der Waals surface area contributed by atoms with Crippen LogP contribution in [0.1, 0.15) is 399 Å². The topological polar surface area (TPSA) is 149 Å². The molecule has 1 saturated heterocycles. The number of aliphatic hydroxyl groups is 5. The van der Waals surface area contributed by atoms with Gasteiger partial charge in [-0.05, 0) is 12.8 Å². The van der Waals surface area contributed by atoms with E-state index in [2.05, 4.69) is 19.2 Å². The van der Waals surface area contributed by atoms with Gasteiger partial charge >= 0.3 is 0 Å². The Hall–Kier alpha value is -0.810. The summed E-state index contributed by atoms with van der Waals surface area (Å²) in [6, 6.07) is -0.715. The summed E-state index contributed by atoms with van der Waals surface area (Å²) in [5, 5.41) is 55.0. The monoisotopic (exact) mass is 1150 g/mol. The number of ether oxygens (including phenoxy) is 2. The van der Waals surface area contributed by atoms with Crippen LogP contribution in [0.4, 0.5) is 0 Å². The highest BCUT2D eigenvalue weighted by atomic mass is 16.7. The van der Waals surface area contributed by atoms with E-state index in [4.69, 9.17) is 9.47 Å². The highest BCUT2D eigenvalue weighted by molar-refractivity contribution is 5.76. The van der Waals surface area contributed by atoms with Crippen molar-refractivity contribution in [2.75, 3.05) is 13.2 Å². The number of hydrogen-bond acceptors (Lipinski definition) is 8. The van der Waals surface area contributed by atoms with Crippen LogP contribution >= 0.6 is 0 Å². The Balaban J connectivity index is 2.06. The van der Waals surface area contributed by atoms with Gasteiger partial charge in [0, 0.05) is 6.42 Å². The van der Waals surface area contributed by atoms with E-state index < -0.39 is 49.5 Å². The van der Waals surface area contributed by atoms with Crippen molar-refractivity contribution in [3.8, 4) is 0 Å². The minimum Gasteiger partial charge on any atom is -0.394 e. The first-order valence-corrected chi connectivity index (χ1v) is 36.7. The Morgan fingerprint density at radius 1 is 0.370 bits per heavy atom. The molecule has 0 bridgehead atoms. The molecule has 1 aliphatic rings. The lowest BCUT2D eigenvalue weighted by Gasteiger charge is -2.40. The molecule has 1 heterocycles. The molecule has 9 heteroatoms. The number of unbranched alkanes of at least 4 members (excludes halogenated alkanes) is 56. The van der Waals surface area contributed by atoms with Gasteiger partial charge in [0.15, 0.2) is 6.29 Å². The predicted molar refractivity (Wildman–Crippen MR) is 346 cm³/mol. The van der Waals surface area contributed by atoms with Crippen LogP contribution in [0.25, 0.3) is 0 Å². The van der Waals surface area contributed by atoms with Crippen molar-refractivity contribution in [2.24, 2.45) is 0 Å². The lowest BCUT2D eigenvalue weighted by Crippen LogP contribution is -2.60. The Kier molecular flexibility index (Phi) is 60.1. The fraction of sp³-hybridized carbons (Fsp3) is 0.986. The quantitative estimate of drug-likeness (QED) is 0.0330. The molecule has 484 valence electrons. The first-order chi connectivity index (χ1) is 39.8. The number of carbonyl (C=O) groups is 1. The molecule has 1 fully saturated rings. The number of nitrogens with one attached hydrogen (secondary N) is 1. The average molecular weight is 1150 g/mol. The van der Waals surface area contributed by atoms with Gasteiger partial charge in [0.2, 0.25) is 5.91 Å². The Morgan fingerprint density at radius 2 is 0.617 bits per heavy atom. The minimum absolute atomic E-state index is 0.130. The number of carbonyl (C=O) groups excluding carboxylic acids is 1. The van der Waals surface area contributed by atoms with Gasteiger partial charge in [-0.25, -0.2) is 0 Å². The smallest absolute Gasteiger partial charge is 0.220 e. The van der Waals surface area contributed by atoms with Crippen molar-refractivity contribution in [1.82, 2.24) is 5.32 Å². The van der Waals surface area contributed by atoms with Crippen molar-refractivity contribution < 1.29 is 39.8 Å². The van der Waals surface area contributed by atoms with E-state index in [0.717, 1.165) is 38.5 Å². The van der Waals surface area contributed by atoms with Gasteiger partial charge in [-0.1, -0.05) is 380 Å². The van der Waals surface area contributed by atoms with Crippen LogP contribution in [-0.2, 0) is 14.3 Å². The third kappa shape index (κ3) is 51.0. The molecule has 0 aliphatic carbocycles. The molecular formula is C72H143NO8. The molecule has 7 atom stereocenters. The first-order valence-electron chi connectivity index (χ1n) is 36.7. The minimum atomic E-state index is -1.55. The Bertz CT molecular complexity index is 1240. The molecule has 6 N–H and O–H groups in total. The lowest BCUT2D eigenvalue weighted by molar-refractivity contribution is -0.302. The normalized spacial score (nSPS) is 18.2. The fourth-order valence-corrected chi connectivity index (χ4v) is 12.5. The number of rotatable bonds is 66. The number of aliphatic hydroxyl groups excluding tert-OH is 5. The second kappa shape index (κ2) is 62.2. The van der Waals surface area contributed by atoms with Gasteiger partial charge in [0.05, 0.1) is 25.4 Å². The van der Waals surface area contributed by atoms with Crippen molar-refractivity contribution in [3.63, 3.8) is 0 Å². The summed E-state index contributed by atoms with van der Waals surface area (Å²) in [6.45, 7) is 3.91. The highest BCUT2D eigenvalue weighted by Crippen LogP contribution is 2.24. The van der Waals surface area contributed by atoms with Crippen molar-refractivity contribution in [1.29, 1.82) is 0 Å². The SMILES string of the molecule is CCCCCCCCCCCCCCCCCCCCCCCCCCCCCCCCCCCC(=O)NC(COC1OC(CO)C(O)C(O)C1O)C(O)CCCCCCCCCCCCCCCCCCCCCCCCCCC. The van der Waals surface area contributed by atoms with E-state index in [1.807, 2.05) is 0 Å². The van der Waals surface area contributed by atoms with E-state index in [-0.39, 0.29) is 12.5 Å². The van der Waals surface area contributed by atoms with Crippen LogP contribution in [0.15, 0.2) is 0 Å². The summed E-state index contributed by atoms with van der Waals surface area (Å²) >= 11 is 0. The summed E-state index contributed by atoms with van der Waals surface area (Å²) < 4.78 is 11.4. The summed E-state index contributed by atoms with van der Waals surface area (Å²) in [6.07, 6.45) is 71.9. The molecule has 1 rings (SSSR count). The van der Waals surface area contributed by atoms with Crippen molar-refractivity contribution in [3.05, 3.63) is 0 Å². The second-order valence-corrected chi connectivity index (χ2v) is 26.1. The molecule has 0 saturated carbocycles. The third-order valence-electron chi connectivity index (χ3n) is 18.2. The van der Waals surface area contributed by atoms with Crippen LogP contribution in [0.5, 0.6) is 0 Å². The molecule has 0 spiro atoms. The Morgan fingerprint density at radius 3 is 0.877 bits per heavy atom. The molecule has 0 aromatic carbocycles. The first kappa shape index (κ1) is 78.2. The third-order valence-corrected chi connectivity index (χ3v) is 18.2. The molecule has 9 nitrogen and oxygen atoms in total. The summed E-state index contributed by atoms with van der Waals surface area (Å²) in [7, 11) is 0. The van der Waals surface area contributed by atoms with Gasteiger partial charge in [-0.2, -0.15) is 0 Å². The second-order valence-electron chi connectivity index (χ2n) is 26.1. The van der Waals surface area contributed by atoms with Gasteiger partial charge in [0.25, 0.3) is 0 Å². The molecule has 1 amide bonds. The molecule has 1 aliphatic heterocycles. The van der Waals surface area contributed by atoms with E-state index in [9.17, 15) is 30.3 Å². The van der Waals surface area contributed by atoms with Crippen LogP contribution in [0.3, 0.4) is 0 Å². The molecule has 81 heavy (non-hydrogen) atoms. The fourth-order valence-electron chi connectivity index (χ4n) is 12.5. The zero-order valence-electron chi connectivity index (χ0n) is 54.3. The van der Waals surface area contributed by atoms with Crippen LogP contribution in [0.2, 0.25) is 0 Å². The summed E-state index contributed by atoms with van der Waals surface area (Å²) in [4.78, 5) is 13.2. The highest BCUT2D eigenvalue weighted by Gasteiger charge is 2.44.